The number of nitrogens with one attached hydrogen (secondary N) is 1. The maximum Gasteiger partial charge on any atom is 0.162 e. The summed E-state index contributed by atoms with van der Waals surface area (Å²) < 4.78 is 1.68. The van der Waals surface area contributed by atoms with Crippen molar-refractivity contribution < 1.29 is 5.11 Å². The molecule has 0 saturated heterocycles. The first kappa shape index (κ1) is 20.5. The van der Waals surface area contributed by atoms with Crippen LogP contribution in [0.3, 0.4) is 0 Å². The van der Waals surface area contributed by atoms with Gasteiger partial charge >= 0.3 is 0 Å². The van der Waals surface area contributed by atoms with Crippen LogP contribution >= 0.6 is 0 Å². The molecule has 4 aromatic heterocycles. The summed E-state index contributed by atoms with van der Waals surface area (Å²) in [5.74, 6) is 0.492. The zero-order valence-electron chi connectivity index (χ0n) is 18.1. The minimum atomic E-state index is -1.02. The van der Waals surface area contributed by atoms with E-state index in [1.165, 1.54) is 0 Å². The lowest BCUT2D eigenvalue weighted by Crippen LogP contribution is -2.18. The molecule has 162 valence electrons. The fourth-order valence-electron chi connectivity index (χ4n) is 3.55. The summed E-state index contributed by atoms with van der Waals surface area (Å²) >= 11 is 0. The van der Waals surface area contributed by atoms with Crippen molar-refractivity contribution in [2.75, 3.05) is 0 Å². The maximum absolute atomic E-state index is 10.2. The number of benzene rings is 1. The number of nitrogens with zero attached hydrogens (tertiary/aromatic N) is 7. The Morgan fingerprint density at radius 2 is 1.94 bits per heavy atom. The highest BCUT2D eigenvalue weighted by Gasteiger charge is 2.19. The maximum atomic E-state index is 10.2. The summed E-state index contributed by atoms with van der Waals surface area (Å²) in [5.41, 5.74) is 3.52. The molecule has 0 amide bonds. The molecule has 0 radical (unpaired) electrons. The van der Waals surface area contributed by atoms with Gasteiger partial charge in [0.15, 0.2) is 5.82 Å². The van der Waals surface area contributed by atoms with Gasteiger partial charge in [-0.1, -0.05) is 23.4 Å². The quantitative estimate of drug-likeness (QED) is 0.432. The predicted molar refractivity (Wildman–Crippen MR) is 122 cm³/mol. The van der Waals surface area contributed by atoms with E-state index in [4.69, 9.17) is 4.98 Å². The van der Waals surface area contributed by atoms with E-state index < -0.39 is 5.60 Å². The molecule has 9 heteroatoms. The molecule has 5 rings (SSSR count). The second-order valence-electron chi connectivity index (χ2n) is 8.20. The van der Waals surface area contributed by atoms with Crippen LogP contribution in [0.25, 0.3) is 33.8 Å². The molecule has 0 aliphatic rings. The van der Waals surface area contributed by atoms with Crippen molar-refractivity contribution in [2.45, 2.75) is 26.0 Å². The summed E-state index contributed by atoms with van der Waals surface area (Å²) in [4.78, 5) is 17.0. The molecular formula is C24H20N8O. The second kappa shape index (κ2) is 7.93. The Bertz CT molecular complexity index is 1500. The Labute approximate surface area is 189 Å². The van der Waals surface area contributed by atoms with Gasteiger partial charge in [0.05, 0.1) is 35.8 Å². The predicted octanol–water partition coefficient (Wildman–Crippen LogP) is 3.43. The van der Waals surface area contributed by atoms with Crippen molar-refractivity contribution in [1.82, 2.24) is 34.9 Å². The number of rotatable bonds is 5. The van der Waals surface area contributed by atoms with Crippen LogP contribution < -0.4 is 0 Å². The number of hydrogen-bond acceptors (Lipinski definition) is 7. The van der Waals surface area contributed by atoms with Crippen LogP contribution in [0, 0.1) is 11.3 Å². The Balaban J connectivity index is 1.52. The first-order chi connectivity index (χ1) is 15.9. The number of hydrogen-bond donors (Lipinski definition) is 2. The van der Waals surface area contributed by atoms with Crippen LogP contribution in [-0.2, 0) is 12.1 Å². The summed E-state index contributed by atoms with van der Waals surface area (Å²) in [5, 5.41) is 28.9. The van der Waals surface area contributed by atoms with Crippen molar-refractivity contribution in [3.8, 4) is 28.8 Å². The molecular weight excluding hydrogens is 416 g/mol. The van der Waals surface area contributed by atoms with E-state index in [-0.39, 0.29) is 0 Å². The van der Waals surface area contributed by atoms with Gasteiger partial charge in [0, 0.05) is 17.1 Å². The lowest BCUT2D eigenvalue weighted by atomic mass is 10.0. The third-order valence-corrected chi connectivity index (χ3v) is 5.20. The van der Waals surface area contributed by atoms with Gasteiger partial charge in [0.2, 0.25) is 0 Å². The minimum Gasteiger partial charge on any atom is -0.384 e. The number of H-pyrrole nitrogens is 1. The molecule has 0 fully saturated rings. The molecule has 0 saturated carbocycles. The van der Waals surface area contributed by atoms with Gasteiger partial charge in [-0.15, -0.1) is 5.10 Å². The van der Waals surface area contributed by atoms with Gasteiger partial charge in [0.25, 0.3) is 0 Å². The number of aromatic amines is 1. The van der Waals surface area contributed by atoms with E-state index in [9.17, 15) is 10.4 Å². The number of aromatic nitrogens is 7. The Kier molecular flexibility index (Phi) is 4.92. The van der Waals surface area contributed by atoms with Crippen LogP contribution in [0.4, 0.5) is 0 Å². The van der Waals surface area contributed by atoms with E-state index in [1.807, 2.05) is 30.5 Å². The van der Waals surface area contributed by atoms with Gasteiger partial charge in [0.1, 0.15) is 22.6 Å². The standard InChI is InChI=1S/C24H20N8O/c1-24(2,33)20-8-4-7-17(27-20)13-32-14-19(30-31-32)21-18-9-10-26-23(18)29-22(28-21)16-6-3-5-15(11-16)12-25/h3-11,14,33H,13H2,1-2H3,(H,26,28,29). The largest absolute Gasteiger partial charge is 0.384 e. The average molecular weight is 436 g/mol. The van der Waals surface area contributed by atoms with E-state index in [1.54, 1.807) is 49.0 Å². The summed E-state index contributed by atoms with van der Waals surface area (Å²) in [6.07, 6.45) is 3.61. The monoisotopic (exact) mass is 436 g/mol. The van der Waals surface area contributed by atoms with Gasteiger partial charge in [-0.05, 0) is 44.2 Å². The minimum absolute atomic E-state index is 0.398. The molecule has 5 aromatic rings. The van der Waals surface area contributed by atoms with E-state index in [2.05, 4.69) is 31.3 Å². The molecule has 0 aliphatic heterocycles. The molecule has 0 unspecified atom stereocenters. The Morgan fingerprint density at radius 1 is 1.09 bits per heavy atom. The van der Waals surface area contributed by atoms with Gasteiger partial charge in [-0.2, -0.15) is 5.26 Å². The topological polar surface area (TPSA) is 129 Å². The zero-order valence-corrected chi connectivity index (χ0v) is 18.1. The van der Waals surface area contributed by atoms with Crippen LogP contribution in [-0.4, -0.2) is 40.0 Å². The molecule has 33 heavy (non-hydrogen) atoms. The molecule has 9 nitrogen and oxygen atoms in total. The van der Waals surface area contributed by atoms with E-state index >= 15 is 0 Å². The van der Waals surface area contributed by atoms with E-state index in [0.717, 1.165) is 16.6 Å². The van der Waals surface area contributed by atoms with Crippen LogP contribution in [0.5, 0.6) is 0 Å². The molecule has 0 aliphatic carbocycles. The highest BCUT2D eigenvalue weighted by atomic mass is 16.3. The smallest absolute Gasteiger partial charge is 0.162 e. The molecule has 1 aromatic carbocycles. The van der Waals surface area contributed by atoms with Crippen LogP contribution in [0.2, 0.25) is 0 Å². The zero-order chi connectivity index (χ0) is 23.0. The number of fused-ring (bicyclic) bond motifs is 1. The first-order valence-corrected chi connectivity index (χ1v) is 10.4. The van der Waals surface area contributed by atoms with Crippen molar-refractivity contribution in [3.05, 3.63) is 77.9 Å². The molecule has 0 atom stereocenters. The third-order valence-electron chi connectivity index (χ3n) is 5.20. The highest BCUT2D eigenvalue weighted by Crippen LogP contribution is 2.27. The lowest BCUT2D eigenvalue weighted by molar-refractivity contribution is 0.0736. The highest BCUT2D eigenvalue weighted by molar-refractivity contribution is 5.90. The first-order valence-electron chi connectivity index (χ1n) is 10.4. The number of pyridine rings is 1. The SMILES string of the molecule is CC(C)(O)c1cccc(Cn2cc(-c3nc(-c4cccc(C#N)c4)nc4[nH]ccc34)nn2)n1. The van der Waals surface area contributed by atoms with Gasteiger partial charge < -0.3 is 10.1 Å². The molecule has 2 N–H and O–H groups in total. The van der Waals surface area contributed by atoms with Crippen LogP contribution in [0.1, 0.15) is 30.8 Å². The Morgan fingerprint density at radius 3 is 2.76 bits per heavy atom. The normalized spacial score (nSPS) is 11.6. The average Bonchev–Trinajstić information content (AvgIpc) is 3.47. The van der Waals surface area contributed by atoms with Crippen molar-refractivity contribution in [3.63, 3.8) is 0 Å². The molecule has 0 bridgehead atoms. The van der Waals surface area contributed by atoms with Gasteiger partial charge in [-0.3, -0.25) is 4.98 Å². The fourth-order valence-corrected chi connectivity index (χ4v) is 3.55. The summed E-state index contributed by atoms with van der Waals surface area (Å²) in [6, 6.07) is 16.8. The summed E-state index contributed by atoms with van der Waals surface area (Å²) in [6.45, 7) is 3.80. The van der Waals surface area contributed by atoms with Gasteiger partial charge in [-0.25, -0.2) is 14.6 Å². The second-order valence-corrected chi connectivity index (χ2v) is 8.20. The van der Waals surface area contributed by atoms with Crippen molar-refractivity contribution >= 4 is 11.0 Å². The molecule has 0 spiro atoms. The van der Waals surface area contributed by atoms with Crippen molar-refractivity contribution in [2.24, 2.45) is 0 Å². The van der Waals surface area contributed by atoms with Crippen molar-refractivity contribution in [1.29, 1.82) is 5.26 Å². The fraction of sp³-hybridized carbons (Fsp3) is 0.167. The Hall–Kier alpha value is -4.42. The third kappa shape index (κ3) is 4.07. The summed E-state index contributed by atoms with van der Waals surface area (Å²) in [7, 11) is 0. The number of aliphatic hydroxyl groups is 1. The van der Waals surface area contributed by atoms with E-state index in [0.29, 0.717) is 40.7 Å². The van der Waals surface area contributed by atoms with Crippen LogP contribution in [0.15, 0.2) is 60.9 Å². The molecule has 4 heterocycles. The number of nitriles is 1. The lowest BCUT2D eigenvalue weighted by Gasteiger charge is -2.17.